The molecule has 7 atom stereocenters. The molecule has 2 bridgehead atoms. The zero-order chi connectivity index (χ0) is 36.1. The molecule has 0 saturated heterocycles. The van der Waals surface area contributed by atoms with E-state index in [1.54, 1.807) is 11.6 Å². The lowest BCUT2D eigenvalue weighted by atomic mass is 9.62. The van der Waals surface area contributed by atoms with E-state index in [0.29, 0.717) is 35.5 Å². The van der Waals surface area contributed by atoms with Crippen LogP contribution in [0.2, 0.25) is 0 Å². The predicted molar refractivity (Wildman–Crippen MR) is 227 cm³/mol. The van der Waals surface area contributed by atoms with Crippen LogP contribution in [-0.4, -0.2) is 0 Å². The Kier molecular flexibility index (Phi) is 12.9. The Morgan fingerprint density at radius 3 is 2.15 bits per heavy atom. The van der Waals surface area contributed by atoms with Gasteiger partial charge in [-0.1, -0.05) is 199 Å². The van der Waals surface area contributed by atoms with E-state index in [4.69, 9.17) is 0 Å². The molecular weight excluding hydrogens is 625 g/mol. The second-order valence-corrected chi connectivity index (χ2v) is 14.3. The van der Waals surface area contributed by atoms with Gasteiger partial charge in [0.2, 0.25) is 0 Å². The van der Waals surface area contributed by atoms with E-state index in [9.17, 15) is 0 Å². The van der Waals surface area contributed by atoms with Crippen LogP contribution in [-0.2, 0) is 0 Å². The normalized spacial score (nSPS) is 25.1. The highest BCUT2D eigenvalue weighted by Gasteiger charge is 2.39. The number of allylic oxidation sites excluding steroid dienone is 22. The van der Waals surface area contributed by atoms with Gasteiger partial charge in [0.25, 0.3) is 0 Å². The van der Waals surface area contributed by atoms with Crippen molar-refractivity contribution >= 4 is 10.8 Å². The van der Waals surface area contributed by atoms with Gasteiger partial charge >= 0.3 is 0 Å². The Balaban J connectivity index is 0.00000150. The lowest BCUT2D eigenvalue weighted by Crippen LogP contribution is -2.33. The Hall–Kier alpha value is -5.20. The van der Waals surface area contributed by atoms with Gasteiger partial charge in [0.05, 0.1) is 0 Å². The van der Waals surface area contributed by atoms with E-state index in [-0.39, 0.29) is 5.92 Å². The smallest absolute Gasteiger partial charge is 0.0231 e. The molecule has 0 heterocycles. The first-order valence-corrected chi connectivity index (χ1v) is 19.1. The largest absolute Gasteiger partial charge is 0.103 e. The van der Waals surface area contributed by atoms with Gasteiger partial charge in [-0.15, -0.1) is 13.2 Å². The van der Waals surface area contributed by atoms with Crippen molar-refractivity contribution in [1.82, 2.24) is 0 Å². The summed E-state index contributed by atoms with van der Waals surface area (Å²) < 4.78 is 0. The van der Waals surface area contributed by atoms with Crippen LogP contribution in [0.4, 0.5) is 0 Å². The minimum atomic E-state index is 0.214. The zero-order valence-electron chi connectivity index (χ0n) is 31.0. The number of rotatable bonds is 7. The number of hydrogen-bond acceptors (Lipinski definition) is 0. The summed E-state index contributed by atoms with van der Waals surface area (Å²) in [4.78, 5) is 0. The first-order chi connectivity index (χ1) is 25.6. The SMILES string of the molecule is C=CC.C=CC1C=C(C(C2=CC=C(C(/C=C/C)c3ccccc4ccccccc(cc4)c3)CC2)C2C=CC=CC2)C=C2C=CC3C=CC=CC3C21. The maximum absolute atomic E-state index is 4.35. The van der Waals surface area contributed by atoms with Crippen LogP contribution >= 0.6 is 0 Å². The summed E-state index contributed by atoms with van der Waals surface area (Å²) in [6, 6.07) is 28.4. The van der Waals surface area contributed by atoms with Crippen molar-refractivity contribution in [1.29, 1.82) is 0 Å². The highest BCUT2D eigenvalue weighted by Crippen LogP contribution is 2.49. The Morgan fingerprint density at radius 1 is 0.731 bits per heavy atom. The summed E-state index contributed by atoms with van der Waals surface area (Å²) in [6.45, 7) is 11.7. The van der Waals surface area contributed by atoms with Gasteiger partial charge in [-0.05, 0) is 72.4 Å². The quantitative estimate of drug-likeness (QED) is 0.256. The van der Waals surface area contributed by atoms with Crippen molar-refractivity contribution in [3.05, 3.63) is 229 Å². The summed E-state index contributed by atoms with van der Waals surface area (Å²) in [5.41, 5.74) is 7.25. The third-order valence-corrected chi connectivity index (χ3v) is 10.9. The molecule has 0 fully saturated rings. The average Bonchev–Trinajstić information content (AvgIpc) is 3.19. The Labute approximate surface area is 313 Å². The molecule has 2 aromatic carbocycles. The van der Waals surface area contributed by atoms with Crippen molar-refractivity contribution in [2.75, 3.05) is 0 Å². The van der Waals surface area contributed by atoms with Crippen LogP contribution in [0.1, 0.15) is 44.6 Å². The van der Waals surface area contributed by atoms with Gasteiger partial charge in [0, 0.05) is 29.6 Å². The van der Waals surface area contributed by atoms with Crippen molar-refractivity contribution in [2.45, 2.75) is 39.0 Å². The van der Waals surface area contributed by atoms with Gasteiger partial charge in [-0.3, -0.25) is 0 Å². The molecule has 5 aliphatic carbocycles. The minimum absolute atomic E-state index is 0.214. The van der Waals surface area contributed by atoms with E-state index in [2.05, 4.69) is 202 Å². The summed E-state index contributed by atoms with van der Waals surface area (Å²) in [7, 11) is 0. The van der Waals surface area contributed by atoms with Gasteiger partial charge < -0.3 is 0 Å². The zero-order valence-corrected chi connectivity index (χ0v) is 31.0. The van der Waals surface area contributed by atoms with Crippen molar-refractivity contribution in [3.63, 3.8) is 0 Å². The van der Waals surface area contributed by atoms with Crippen LogP contribution in [0.5, 0.6) is 0 Å². The van der Waals surface area contributed by atoms with Crippen LogP contribution in [0.25, 0.3) is 10.8 Å². The van der Waals surface area contributed by atoms with Crippen molar-refractivity contribution in [2.24, 2.45) is 35.5 Å². The first-order valence-electron chi connectivity index (χ1n) is 19.1. The van der Waals surface area contributed by atoms with E-state index in [1.165, 1.54) is 33.1 Å². The fraction of sp³-hybridized carbons (Fsp3) is 0.231. The molecule has 0 saturated carbocycles. The molecule has 0 radical (unpaired) electrons. The molecule has 0 spiro atoms. The number of hydrogen-bond donors (Lipinski definition) is 0. The second kappa shape index (κ2) is 18.3. The van der Waals surface area contributed by atoms with Gasteiger partial charge in [0.15, 0.2) is 0 Å². The van der Waals surface area contributed by atoms with E-state index in [0.717, 1.165) is 19.3 Å². The van der Waals surface area contributed by atoms with E-state index in [1.807, 2.05) is 6.92 Å². The summed E-state index contributed by atoms with van der Waals surface area (Å²) in [5, 5.41) is 2.38. The molecule has 0 amide bonds. The maximum atomic E-state index is 4.35. The summed E-state index contributed by atoms with van der Waals surface area (Å²) >= 11 is 0. The minimum Gasteiger partial charge on any atom is -0.103 e. The van der Waals surface area contributed by atoms with Gasteiger partial charge in [-0.25, -0.2) is 0 Å². The lowest BCUT2D eigenvalue weighted by molar-refractivity contribution is 0.341. The molecule has 0 aromatic heterocycles. The maximum Gasteiger partial charge on any atom is 0.0231 e. The highest BCUT2D eigenvalue weighted by atomic mass is 14.4. The third-order valence-electron chi connectivity index (χ3n) is 10.9. The average molecular weight is 679 g/mol. The van der Waals surface area contributed by atoms with Crippen LogP contribution in [0.15, 0.2) is 224 Å². The van der Waals surface area contributed by atoms with Crippen LogP contribution in [0, 0.1) is 35.5 Å². The Morgan fingerprint density at radius 2 is 1.42 bits per heavy atom. The van der Waals surface area contributed by atoms with E-state index < -0.39 is 0 Å². The van der Waals surface area contributed by atoms with Crippen LogP contribution in [0.3, 0.4) is 0 Å². The molecule has 5 aliphatic rings. The molecule has 0 aliphatic heterocycles. The fourth-order valence-corrected chi connectivity index (χ4v) is 8.50. The van der Waals surface area contributed by atoms with Crippen molar-refractivity contribution < 1.29 is 0 Å². The second-order valence-electron chi connectivity index (χ2n) is 14.3. The molecule has 2 aromatic rings. The molecule has 0 heteroatoms. The lowest BCUT2D eigenvalue weighted by Gasteiger charge is -2.42. The van der Waals surface area contributed by atoms with Gasteiger partial charge in [-0.2, -0.15) is 0 Å². The standard InChI is InChI=1S/C49H48.C3H6/c1-3-16-46(43-23-13-12-18-36-17-8-5-6-9-19-37(33-43)26-25-36)40-27-30-42(31-28-40)48(41-21-10-7-11-22-41)45-34-38(4-2)49-44(35-45)32-29-39-20-14-15-24-47(39)49;1-3-2/h3-21,23-27,29-30,32-35,38-39,41,46-49H,2,22,28,31H2,1H3;3H,1H2,2H3/b6-5?,8-5?,9-6?,13-12?,16-3+,17-8?,18-12?,19-9?,23-13?,26-25?,36-17?,36-18?,36-25?,37-19?,37-26?,37-33?,43-23?,43-33?;. The van der Waals surface area contributed by atoms with Crippen LogP contribution < -0.4 is 0 Å². The molecule has 0 nitrogen and oxygen atoms in total. The summed E-state index contributed by atoms with van der Waals surface area (Å²) in [6.07, 6.45) is 45.0. The predicted octanol–water partition coefficient (Wildman–Crippen LogP) is 14.0. The molecule has 7 unspecified atom stereocenters. The molecule has 262 valence electrons. The topological polar surface area (TPSA) is 0 Å². The third kappa shape index (κ3) is 8.80. The fourth-order valence-electron chi connectivity index (χ4n) is 8.50. The Bertz CT molecular complexity index is 2010. The molecule has 0 N–H and O–H groups in total. The highest BCUT2D eigenvalue weighted by molar-refractivity contribution is 5.59. The number of fused-ring (bicyclic) bond motifs is 6. The molecule has 7 rings (SSSR count). The summed E-state index contributed by atoms with van der Waals surface area (Å²) in [5.74, 6) is 2.76. The molecule has 52 heavy (non-hydrogen) atoms. The monoisotopic (exact) mass is 678 g/mol. The molecular formula is C52H54. The van der Waals surface area contributed by atoms with Gasteiger partial charge in [0.1, 0.15) is 0 Å². The van der Waals surface area contributed by atoms with Crippen molar-refractivity contribution in [3.8, 4) is 0 Å². The first kappa shape index (κ1) is 36.6. The van der Waals surface area contributed by atoms with E-state index >= 15 is 0 Å².